The Morgan fingerprint density at radius 3 is 2.42 bits per heavy atom. The van der Waals surface area contributed by atoms with Crippen LogP contribution in [-0.4, -0.2) is 15.9 Å². The molecule has 0 aliphatic rings. The quantitative estimate of drug-likeness (QED) is 0.800. The van der Waals surface area contributed by atoms with E-state index in [0.29, 0.717) is 28.9 Å². The molecule has 0 atom stereocenters. The number of nitrogens with zero attached hydrogens (tertiary/aromatic N) is 2. The lowest BCUT2D eigenvalue weighted by Crippen LogP contribution is -2.10. The van der Waals surface area contributed by atoms with E-state index in [4.69, 9.17) is 5.73 Å². The number of amides is 1. The molecule has 24 heavy (non-hydrogen) atoms. The summed E-state index contributed by atoms with van der Waals surface area (Å²) >= 11 is 0. The highest BCUT2D eigenvalue weighted by Gasteiger charge is 2.30. The van der Waals surface area contributed by atoms with Crippen LogP contribution in [-0.2, 0) is 12.6 Å². The van der Waals surface area contributed by atoms with E-state index in [1.54, 1.807) is 30.3 Å². The Balaban J connectivity index is 1.85. The van der Waals surface area contributed by atoms with Gasteiger partial charge < -0.3 is 5.73 Å². The smallest absolute Gasteiger partial charge is 0.366 e. The summed E-state index contributed by atoms with van der Waals surface area (Å²) in [5.74, 6) is -0.519. The van der Waals surface area contributed by atoms with Gasteiger partial charge in [-0.25, -0.2) is 0 Å². The molecule has 3 rings (SSSR count). The summed E-state index contributed by atoms with van der Waals surface area (Å²) < 4.78 is 37.6. The van der Waals surface area contributed by atoms with Crippen molar-refractivity contribution in [1.29, 1.82) is 0 Å². The van der Waals surface area contributed by atoms with Crippen LogP contribution in [0.25, 0.3) is 10.9 Å². The number of halogens is 3. The fourth-order valence-corrected chi connectivity index (χ4v) is 2.30. The molecular formula is C17H12F3N3O. The van der Waals surface area contributed by atoms with Crippen molar-refractivity contribution in [3.63, 3.8) is 0 Å². The highest BCUT2D eigenvalue weighted by Crippen LogP contribution is 2.28. The van der Waals surface area contributed by atoms with Crippen molar-refractivity contribution >= 4 is 16.8 Å². The van der Waals surface area contributed by atoms with Crippen LogP contribution in [0.3, 0.4) is 0 Å². The predicted octanol–water partition coefficient (Wildman–Crippen LogP) is 3.34. The molecule has 122 valence electrons. The number of primary amides is 1. The third-order valence-electron chi connectivity index (χ3n) is 3.55. The summed E-state index contributed by atoms with van der Waals surface area (Å²) in [6, 6.07) is 10.8. The first-order chi connectivity index (χ1) is 11.3. The average Bonchev–Trinajstić information content (AvgIpc) is 2.54. The van der Waals surface area contributed by atoms with Crippen LogP contribution in [0, 0.1) is 0 Å². The fraction of sp³-hybridized carbons (Fsp3) is 0.118. The van der Waals surface area contributed by atoms with E-state index in [9.17, 15) is 18.0 Å². The van der Waals surface area contributed by atoms with Gasteiger partial charge in [-0.05, 0) is 36.4 Å². The lowest BCUT2D eigenvalue weighted by Gasteiger charge is -2.07. The third kappa shape index (κ3) is 3.34. The Morgan fingerprint density at radius 1 is 1.04 bits per heavy atom. The van der Waals surface area contributed by atoms with Gasteiger partial charge in [-0.15, -0.1) is 0 Å². The summed E-state index contributed by atoms with van der Waals surface area (Å²) in [7, 11) is 0. The number of rotatable bonds is 3. The minimum absolute atomic E-state index is 0.311. The summed E-state index contributed by atoms with van der Waals surface area (Å²) in [6.07, 6.45) is -3.27. The number of hydrogen-bond acceptors (Lipinski definition) is 3. The maximum atomic E-state index is 12.5. The standard InChI is InChI=1S/C17H12F3N3O/c18-17(19,20)12-3-5-13(22-9-12)8-14-4-1-10-7-11(16(21)24)2-6-15(10)23-14/h1-7,9H,8H2,(H2,21,24). The van der Waals surface area contributed by atoms with Gasteiger partial charge in [0, 0.05) is 35.0 Å². The van der Waals surface area contributed by atoms with Gasteiger partial charge in [0.1, 0.15) is 0 Å². The zero-order valence-corrected chi connectivity index (χ0v) is 12.3. The normalized spacial score (nSPS) is 11.6. The van der Waals surface area contributed by atoms with E-state index in [-0.39, 0.29) is 0 Å². The molecule has 0 aliphatic carbocycles. The molecule has 0 bridgehead atoms. The van der Waals surface area contributed by atoms with Crippen molar-refractivity contribution in [2.45, 2.75) is 12.6 Å². The van der Waals surface area contributed by atoms with Crippen LogP contribution in [0.4, 0.5) is 13.2 Å². The maximum Gasteiger partial charge on any atom is 0.417 e. The molecule has 1 aromatic carbocycles. The molecule has 0 aliphatic heterocycles. The van der Waals surface area contributed by atoms with Gasteiger partial charge in [0.2, 0.25) is 5.91 Å². The number of nitrogens with two attached hydrogens (primary N) is 1. The Hall–Kier alpha value is -2.96. The van der Waals surface area contributed by atoms with Crippen molar-refractivity contribution < 1.29 is 18.0 Å². The molecule has 0 spiro atoms. The number of alkyl halides is 3. The molecule has 2 aromatic heterocycles. The van der Waals surface area contributed by atoms with Gasteiger partial charge in [0.25, 0.3) is 0 Å². The van der Waals surface area contributed by atoms with E-state index in [0.717, 1.165) is 17.6 Å². The zero-order valence-electron chi connectivity index (χ0n) is 12.3. The second-order valence-electron chi connectivity index (χ2n) is 5.29. The Morgan fingerprint density at radius 2 is 1.79 bits per heavy atom. The van der Waals surface area contributed by atoms with Gasteiger partial charge in [0.15, 0.2) is 0 Å². The molecule has 1 amide bonds. The Labute approximate surface area is 135 Å². The molecule has 0 saturated heterocycles. The lowest BCUT2D eigenvalue weighted by molar-refractivity contribution is -0.137. The molecule has 4 nitrogen and oxygen atoms in total. The number of carbonyl (C=O) groups excluding carboxylic acids is 1. The van der Waals surface area contributed by atoms with E-state index < -0.39 is 17.6 Å². The number of aromatic nitrogens is 2. The average molecular weight is 331 g/mol. The monoisotopic (exact) mass is 331 g/mol. The first-order valence-electron chi connectivity index (χ1n) is 7.04. The first-order valence-corrected chi connectivity index (χ1v) is 7.04. The highest BCUT2D eigenvalue weighted by atomic mass is 19.4. The summed E-state index contributed by atoms with van der Waals surface area (Å²) in [5, 5.41) is 0.760. The minimum atomic E-state index is -4.40. The molecule has 0 fully saturated rings. The second kappa shape index (κ2) is 5.92. The largest absolute Gasteiger partial charge is 0.417 e. The topological polar surface area (TPSA) is 68.9 Å². The number of pyridine rings is 2. The Kier molecular flexibility index (Phi) is 3.92. The van der Waals surface area contributed by atoms with Crippen molar-refractivity contribution in [3.8, 4) is 0 Å². The van der Waals surface area contributed by atoms with Crippen molar-refractivity contribution in [1.82, 2.24) is 9.97 Å². The number of fused-ring (bicyclic) bond motifs is 1. The minimum Gasteiger partial charge on any atom is -0.366 e. The molecule has 0 radical (unpaired) electrons. The maximum absolute atomic E-state index is 12.5. The van der Waals surface area contributed by atoms with E-state index in [1.807, 2.05) is 0 Å². The van der Waals surface area contributed by atoms with Crippen LogP contribution in [0.2, 0.25) is 0 Å². The van der Waals surface area contributed by atoms with Gasteiger partial charge in [-0.2, -0.15) is 13.2 Å². The molecule has 2 N–H and O–H groups in total. The SMILES string of the molecule is NC(=O)c1ccc2nc(Cc3ccc(C(F)(F)F)cn3)ccc2c1. The van der Waals surface area contributed by atoms with Crippen molar-refractivity contribution in [2.24, 2.45) is 5.73 Å². The lowest BCUT2D eigenvalue weighted by atomic mass is 10.1. The van der Waals surface area contributed by atoms with Gasteiger partial charge >= 0.3 is 6.18 Å². The summed E-state index contributed by atoms with van der Waals surface area (Å²) in [4.78, 5) is 19.4. The highest BCUT2D eigenvalue weighted by molar-refractivity contribution is 5.96. The molecular weight excluding hydrogens is 319 g/mol. The van der Waals surface area contributed by atoms with E-state index in [2.05, 4.69) is 9.97 Å². The second-order valence-corrected chi connectivity index (χ2v) is 5.29. The van der Waals surface area contributed by atoms with Crippen LogP contribution >= 0.6 is 0 Å². The van der Waals surface area contributed by atoms with Crippen LogP contribution in [0.1, 0.15) is 27.3 Å². The van der Waals surface area contributed by atoms with Crippen molar-refractivity contribution in [3.05, 3.63) is 71.2 Å². The molecule has 0 saturated carbocycles. The molecule has 3 aromatic rings. The van der Waals surface area contributed by atoms with Gasteiger partial charge in [-0.3, -0.25) is 14.8 Å². The number of benzene rings is 1. The molecule has 2 heterocycles. The van der Waals surface area contributed by atoms with Crippen LogP contribution in [0.5, 0.6) is 0 Å². The Bertz CT molecular complexity index is 905. The van der Waals surface area contributed by atoms with Gasteiger partial charge in [-0.1, -0.05) is 6.07 Å². The fourth-order valence-electron chi connectivity index (χ4n) is 2.30. The number of hydrogen-bond donors (Lipinski definition) is 1. The third-order valence-corrected chi connectivity index (χ3v) is 3.55. The summed E-state index contributed by atoms with van der Waals surface area (Å²) in [5.41, 5.74) is 6.67. The zero-order chi connectivity index (χ0) is 17.3. The van der Waals surface area contributed by atoms with Crippen LogP contribution in [0.15, 0.2) is 48.7 Å². The van der Waals surface area contributed by atoms with E-state index >= 15 is 0 Å². The number of carbonyl (C=O) groups is 1. The van der Waals surface area contributed by atoms with E-state index in [1.165, 1.54) is 6.07 Å². The van der Waals surface area contributed by atoms with Crippen molar-refractivity contribution in [2.75, 3.05) is 0 Å². The first kappa shape index (κ1) is 15.9. The molecule has 0 unspecified atom stereocenters. The van der Waals surface area contributed by atoms with Crippen LogP contribution < -0.4 is 5.73 Å². The predicted molar refractivity (Wildman–Crippen MR) is 82.3 cm³/mol. The summed E-state index contributed by atoms with van der Waals surface area (Å²) in [6.45, 7) is 0. The van der Waals surface area contributed by atoms with Gasteiger partial charge in [0.05, 0.1) is 11.1 Å². The molecule has 7 heteroatoms.